The van der Waals surface area contributed by atoms with E-state index in [0.717, 1.165) is 11.4 Å². The summed E-state index contributed by atoms with van der Waals surface area (Å²) in [5.41, 5.74) is 1.58. The molecule has 6 nitrogen and oxygen atoms in total. The Kier molecular flexibility index (Phi) is 6.65. The number of anilines is 2. The van der Waals surface area contributed by atoms with E-state index < -0.39 is 5.97 Å². The summed E-state index contributed by atoms with van der Waals surface area (Å²) >= 11 is 6.05. The van der Waals surface area contributed by atoms with Crippen molar-refractivity contribution >= 4 is 34.9 Å². The monoisotopic (exact) mass is 362 g/mol. The quantitative estimate of drug-likeness (QED) is 0.736. The van der Waals surface area contributed by atoms with E-state index in [2.05, 4.69) is 15.4 Å². The number of nitrogens with one attached hydrogen (secondary N) is 2. The molecule has 0 atom stereocenters. The first-order valence-electron chi connectivity index (χ1n) is 7.59. The van der Waals surface area contributed by atoms with Gasteiger partial charge in [0.1, 0.15) is 5.75 Å². The van der Waals surface area contributed by atoms with E-state index in [0.29, 0.717) is 22.8 Å². The molecule has 2 rings (SSSR count). The van der Waals surface area contributed by atoms with Gasteiger partial charge in [-0.1, -0.05) is 11.6 Å². The third-order valence-electron chi connectivity index (χ3n) is 3.43. The normalized spacial score (nSPS) is 10.0. The molecule has 7 heteroatoms. The van der Waals surface area contributed by atoms with Crippen LogP contribution >= 0.6 is 11.6 Å². The number of rotatable bonds is 7. The Morgan fingerprint density at radius 1 is 1.08 bits per heavy atom. The topological polar surface area (TPSA) is 76.7 Å². The number of methoxy groups -OCH3 is 2. The Morgan fingerprint density at radius 2 is 1.80 bits per heavy atom. The molecule has 0 aromatic heterocycles. The number of carbonyl (C=O) groups excluding carboxylic acids is 2. The minimum absolute atomic E-state index is 0.218. The van der Waals surface area contributed by atoms with Gasteiger partial charge in [0, 0.05) is 18.7 Å². The van der Waals surface area contributed by atoms with Gasteiger partial charge in [-0.25, -0.2) is 4.79 Å². The van der Waals surface area contributed by atoms with Gasteiger partial charge < -0.3 is 20.1 Å². The molecule has 0 heterocycles. The van der Waals surface area contributed by atoms with Crippen molar-refractivity contribution in [2.24, 2.45) is 0 Å². The number of halogens is 1. The third kappa shape index (κ3) is 5.39. The van der Waals surface area contributed by atoms with E-state index in [1.165, 1.54) is 19.2 Å². The van der Waals surface area contributed by atoms with Crippen molar-refractivity contribution in [2.75, 3.05) is 31.4 Å². The van der Waals surface area contributed by atoms with Gasteiger partial charge in [0.05, 0.1) is 30.5 Å². The van der Waals surface area contributed by atoms with Gasteiger partial charge in [0.2, 0.25) is 5.91 Å². The lowest BCUT2D eigenvalue weighted by molar-refractivity contribution is -0.115. The van der Waals surface area contributed by atoms with Crippen LogP contribution in [0.4, 0.5) is 11.4 Å². The lowest BCUT2D eigenvalue weighted by atomic mass is 10.2. The van der Waals surface area contributed by atoms with Crippen LogP contribution in [0.2, 0.25) is 5.02 Å². The largest absolute Gasteiger partial charge is 0.497 e. The maximum absolute atomic E-state index is 12.1. The van der Waals surface area contributed by atoms with Crippen LogP contribution in [0.25, 0.3) is 0 Å². The van der Waals surface area contributed by atoms with E-state index in [4.69, 9.17) is 16.3 Å². The smallest absolute Gasteiger partial charge is 0.337 e. The molecule has 2 N–H and O–H groups in total. The zero-order valence-corrected chi connectivity index (χ0v) is 14.7. The predicted octanol–water partition coefficient (Wildman–Crippen LogP) is 3.58. The van der Waals surface area contributed by atoms with Gasteiger partial charge in [-0.15, -0.1) is 0 Å². The van der Waals surface area contributed by atoms with Crippen molar-refractivity contribution in [3.8, 4) is 5.75 Å². The van der Waals surface area contributed by atoms with Crippen LogP contribution in [0, 0.1) is 0 Å². The molecule has 25 heavy (non-hydrogen) atoms. The Labute approximate surface area is 151 Å². The summed E-state index contributed by atoms with van der Waals surface area (Å²) in [7, 11) is 2.90. The van der Waals surface area contributed by atoms with Crippen LogP contribution in [0.15, 0.2) is 42.5 Å². The maximum atomic E-state index is 12.1. The molecular formula is C18H19ClN2O4. The van der Waals surface area contributed by atoms with Crippen molar-refractivity contribution < 1.29 is 19.1 Å². The first kappa shape index (κ1) is 18.6. The lowest BCUT2D eigenvalue weighted by Crippen LogP contribution is -2.17. The minimum Gasteiger partial charge on any atom is -0.497 e. The van der Waals surface area contributed by atoms with Gasteiger partial charge in [-0.3, -0.25) is 4.79 Å². The summed E-state index contributed by atoms with van der Waals surface area (Å²) in [5.74, 6) is 0.0571. The fourth-order valence-electron chi connectivity index (χ4n) is 2.11. The zero-order chi connectivity index (χ0) is 18.2. The fourth-order valence-corrected chi connectivity index (χ4v) is 2.27. The van der Waals surface area contributed by atoms with E-state index in [1.807, 2.05) is 24.3 Å². The number of benzene rings is 2. The lowest BCUT2D eigenvalue weighted by Gasteiger charge is -2.10. The van der Waals surface area contributed by atoms with Crippen molar-refractivity contribution in [1.82, 2.24) is 0 Å². The van der Waals surface area contributed by atoms with Crippen molar-refractivity contribution in [3.63, 3.8) is 0 Å². The van der Waals surface area contributed by atoms with E-state index in [1.54, 1.807) is 13.2 Å². The van der Waals surface area contributed by atoms with Crippen molar-refractivity contribution in [3.05, 3.63) is 53.1 Å². The number of hydrogen-bond donors (Lipinski definition) is 2. The van der Waals surface area contributed by atoms with Crippen molar-refractivity contribution in [1.29, 1.82) is 0 Å². The molecule has 0 unspecified atom stereocenters. The van der Waals surface area contributed by atoms with E-state index in [-0.39, 0.29) is 12.3 Å². The van der Waals surface area contributed by atoms with E-state index in [9.17, 15) is 9.59 Å². The molecule has 0 aliphatic heterocycles. The van der Waals surface area contributed by atoms with Gasteiger partial charge in [-0.05, 0) is 42.5 Å². The standard InChI is InChI=1S/C18H19ClN2O4/c1-24-14-6-4-13(5-7-14)20-10-9-17(22)21-16-11-12(18(23)25-2)3-8-15(16)19/h3-8,11,20H,9-10H2,1-2H3,(H,21,22). The SMILES string of the molecule is COC(=O)c1ccc(Cl)c(NC(=O)CCNc2ccc(OC)cc2)c1. The average molecular weight is 363 g/mol. The molecule has 2 aromatic rings. The van der Waals surface area contributed by atoms with Crippen LogP contribution in [-0.2, 0) is 9.53 Å². The third-order valence-corrected chi connectivity index (χ3v) is 3.76. The highest BCUT2D eigenvalue weighted by Crippen LogP contribution is 2.23. The predicted molar refractivity (Wildman–Crippen MR) is 97.5 cm³/mol. The molecular weight excluding hydrogens is 344 g/mol. The Morgan fingerprint density at radius 3 is 2.44 bits per heavy atom. The highest BCUT2D eigenvalue weighted by Gasteiger charge is 2.11. The second-order valence-corrected chi connectivity index (χ2v) is 5.55. The minimum atomic E-state index is -0.492. The number of esters is 1. The molecule has 0 spiro atoms. The molecule has 2 aromatic carbocycles. The highest BCUT2D eigenvalue weighted by atomic mass is 35.5. The summed E-state index contributed by atoms with van der Waals surface area (Å²) in [6, 6.07) is 12.0. The Balaban J connectivity index is 1.88. The molecule has 0 radical (unpaired) electrons. The van der Waals surface area contributed by atoms with Crippen LogP contribution in [-0.4, -0.2) is 32.6 Å². The highest BCUT2D eigenvalue weighted by molar-refractivity contribution is 6.33. The molecule has 0 saturated heterocycles. The zero-order valence-electron chi connectivity index (χ0n) is 14.0. The second-order valence-electron chi connectivity index (χ2n) is 5.14. The molecule has 0 aliphatic carbocycles. The first-order chi connectivity index (χ1) is 12.0. The molecule has 0 bridgehead atoms. The molecule has 1 amide bonds. The van der Waals surface area contributed by atoms with Gasteiger partial charge in [0.15, 0.2) is 0 Å². The Hall–Kier alpha value is -2.73. The van der Waals surface area contributed by atoms with Gasteiger partial charge in [-0.2, -0.15) is 0 Å². The van der Waals surface area contributed by atoms with E-state index >= 15 is 0 Å². The van der Waals surface area contributed by atoms with Crippen molar-refractivity contribution in [2.45, 2.75) is 6.42 Å². The number of carbonyl (C=O) groups is 2. The first-order valence-corrected chi connectivity index (χ1v) is 7.97. The average Bonchev–Trinajstić information content (AvgIpc) is 2.63. The molecule has 0 fully saturated rings. The van der Waals surface area contributed by atoms with Gasteiger partial charge in [0.25, 0.3) is 0 Å². The number of ether oxygens (including phenoxy) is 2. The Bertz CT molecular complexity index is 747. The summed E-state index contributed by atoms with van der Waals surface area (Å²) < 4.78 is 9.74. The van der Waals surface area contributed by atoms with Crippen LogP contribution in [0.3, 0.4) is 0 Å². The number of amides is 1. The maximum Gasteiger partial charge on any atom is 0.337 e. The summed E-state index contributed by atoms with van der Waals surface area (Å²) in [6.07, 6.45) is 0.241. The summed E-state index contributed by atoms with van der Waals surface area (Å²) in [6.45, 7) is 0.451. The number of hydrogen-bond acceptors (Lipinski definition) is 5. The molecule has 0 saturated carbocycles. The van der Waals surface area contributed by atoms with Crippen LogP contribution < -0.4 is 15.4 Å². The summed E-state index contributed by atoms with van der Waals surface area (Å²) in [4.78, 5) is 23.6. The molecule has 0 aliphatic rings. The second kappa shape index (κ2) is 8.94. The summed E-state index contributed by atoms with van der Waals surface area (Å²) in [5, 5.41) is 6.19. The fraction of sp³-hybridized carbons (Fsp3) is 0.222. The van der Waals surface area contributed by atoms with Crippen LogP contribution in [0.5, 0.6) is 5.75 Å². The van der Waals surface area contributed by atoms with Crippen LogP contribution in [0.1, 0.15) is 16.8 Å². The molecule has 132 valence electrons. The van der Waals surface area contributed by atoms with Gasteiger partial charge >= 0.3 is 5.97 Å².